The van der Waals surface area contributed by atoms with Gasteiger partial charge in [0.1, 0.15) is 11.5 Å². The lowest BCUT2D eigenvalue weighted by Crippen LogP contribution is -2.20. The van der Waals surface area contributed by atoms with E-state index in [0.717, 1.165) is 74.1 Å². The Morgan fingerprint density at radius 3 is 1.30 bits per heavy atom. The van der Waals surface area contributed by atoms with Crippen LogP contribution in [0.4, 0.5) is 0 Å². The lowest BCUT2D eigenvalue weighted by Gasteiger charge is -2.20. The van der Waals surface area contributed by atoms with Crippen molar-refractivity contribution in [1.82, 2.24) is 9.80 Å². The topological polar surface area (TPSA) is 71.7 Å². The monoisotopic (exact) mass is 689 g/mol. The molecule has 1 aliphatic rings. The normalized spacial score (nSPS) is 15.9. The van der Waals surface area contributed by atoms with Crippen molar-refractivity contribution in [2.75, 3.05) is 40.3 Å². The van der Waals surface area contributed by atoms with Crippen molar-refractivity contribution in [2.24, 2.45) is 9.98 Å². The molecule has 0 fully saturated rings. The Hall–Kier alpha value is -2.70. The number of nitrogens with zero attached hydrogens (tertiary/aromatic N) is 4. The second-order valence-electron chi connectivity index (χ2n) is 15.1. The second kappa shape index (κ2) is 25.3. The van der Waals surface area contributed by atoms with E-state index in [1.807, 2.05) is 12.4 Å². The molecule has 1 heterocycles. The van der Waals surface area contributed by atoms with Crippen LogP contribution in [-0.4, -0.2) is 72.7 Å². The molecule has 0 spiro atoms. The molecule has 0 saturated carbocycles. The first-order valence-corrected chi connectivity index (χ1v) is 20.5. The molecule has 0 aliphatic carbocycles. The highest BCUT2D eigenvalue weighted by atomic mass is 16.3. The number of hydrogen-bond donors (Lipinski definition) is 2. The van der Waals surface area contributed by atoms with Crippen molar-refractivity contribution in [1.29, 1.82) is 0 Å². The van der Waals surface area contributed by atoms with E-state index in [2.05, 4.69) is 62.0 Å². The zero-order valence-electron chi connectivity index (χ0n) is 32.5. The number of benzene rings is 2. The number of aliphatic imine (C=N–C) groups is 2. The van der Waals surface area contributed by atoms with Gasteiger partial charge in [-0.25, -0.2) is 0 Å². The molecule has 3 rings (SSSR count). The van der Waals surface area contributed by atoms with Crippen LogP contribution in [-0.2, 0) is 25.9 Å². The fourth-order valence-electron chi connectivity index (χ4n) is 7.17. The summed E-state index contributed by atoms with van der Waals surface area (Å²) >= 11 is 0. The van der Waals surface area contributed by atoms with Crippen LogP contribution in [0.1, 0.15) is 163 Å². The van der Waals surface area contributed by atoms with Gasteiger partial charge in [0.15, 0.2) is 0 Å². The number of fused-ring (bicyclic) bond motifs is 4. The third-order valence-electron chi connectivity index (χ3n) is 10.2. The lowest BCUT2D eigenvalue weighted by atomic mass is 9.99. The van der Waals surface area contributed by atoms with Crippen LogP contribution in [0, 0.1) is 0 Å². The minimum Gasteiger partial charge on any atom is -0.507 e. The van der Waals surface area contributed by atoms with Gasteiger partial charge in [-0.1, -0.05) is 116 Å². The quantitative estimate of drug-likeness (QED) is 0.172. The van der Waals surface area contributed by atoms with Crippen LogP contribution in [0.15, 0.2) is 34.3 Å². The lowest BCUT2D eigenvalue weighted by molar-refractivity contribution is 0.297. The molecule has 0 saturated heterocycles. The Morgan fingerprint density at radius 1 is 0.520 bits per heavy atom. The van der Waals surface area contributed by atoms with Crippen LogP contribution in [0.25, 0.3) is 0 Å². The molecule has 2 aromatic carbocycles. The molecule has 2 N–H and O–H groups in total. The summed E-state index contributed by atoms with van der Waals surface area (Å²) in [4.78, 5) is 14.1. The molecule has 50 heavy (non-hydrogen) atoms. The summed E-state index contributed by atoms with van der Waals surface area (Å²) in [5, 5.41) is 22.6. The van der Waals surface area contributed by atoms with Gasteiger partial charge in [-0.3, -0.25) is 9.98 Å². The Morgan fingerprint density at radius 2 is 0.900 bits per heavy atom. The van der Waals surface area contributed by atoms with Crippen LogP contribution < -0.4 is 0 Å². The van der Waals surface area contributed by atoms with Crippen molar-refractivity contribution in [3.8, 4) is 11.5 Å². The molecular formula is C44H72N4O2. The van der Waals surface area contributed by atoms with Gasteiger partial charge < -0.3 is 20.0 Å². The number of phenolic OH excluding ortho intramolecular Hbond substituents is 2. The first kappa shape index (κ1) is 41.7. The molecular weight excluding hydrogens is 617 g/mol. The van der Waals surface area contributed by atoms with Gasteiger partial charge in [-0.05, 0) is 89.0 Å². The fourth-order valence-corrected chi connectivity index (χ4v) is 7.17. The molecule has 0 unspecified atom stereocenters. The van der Waals surface area contributed by atoms with Crippen LogP contribution >= 0.6 is 0 Å². The third kappa shape index (κ3) is 16.5. The molecule has 6 heteroatoms. The van der Waals surface area contributed by atoms with E-state index in [4.69, 9.17) is 9.98 Å². The SMILES string of the molecule is CCCCCCCCCc1cc2c(O)c(c1)CN(C)CCCCCCN(C)Cc1cc(CCCCCCCCC)cc(c1O)C=NCCN=C2. The van der Waals surface area contributed by atoms with Gasteiger partial charge in [0.2, 0.25) is 0 Å². The van der Waals surface area contributed by atoms with Crippen molar-refractivity contribution in [2.45, 2.75) is 155 Å². The molecule has 0 aromatic heterocycles. The van der Waals surface area contributed by atoms with E-state index >= 15 is 0 Å². The zero-order chi connectivity index (χ0) is 35.8. The average Bonchev–Trinajstić information content (AvgIpc) is 3.10. The van der Waals surface area contributed by atoms with E-state index in [-0.39, 0.29) is 0 Å². The summed E-state index contributed by atoms with van der Waals surface area (Å²) in [6.07, 6.45) is 28.6. The van der Waals surface area contributed by atoms with E-state index in [1.54, 1.807) is 0 Å². The summed E-state index contributed by atoms with van der Waals surface area (Å²) in [5.74, 6) is 0.709. The van der Waals surface area contributed by atoms with Gasteiger partial charge in [0, 0.05) is 47.8 Å². The molecule has 2 aromatic rings. The Balaban J connectivity index is 1.73. The van der Waals surface area contributed by atoms with E-state index in [9.17, 15) is 10.2 Å². The summed E-state index contributed by atoms with van der Waals surface area (Å²) in [6, 6.07) is 8.71. The number of phenols is 2. The van der Waals surface area contributed by atoms with Gasteiger partial charge in [0.25, 0.3) is 0 Å². The Bertz CT molecular complexity index is 1180. The van der Waals surface area contributed by atoms with Crippen molar-refractivity contribution < 1.29 is 10.2 Å². The number of aromatic hydroxyl groups is 2. The predicted molar refractivity (Wildman–Crippen MR) is 216 cm³/mol. The number of hydrogen-bond acceptors (Lipinski definition) is 6. The Labute approximate surface area is 306 Å². The standard InChI is InChI=1S/C44H72N4O2/c1-5-7-9-11-13-15-19-23-37-29-39-33-45-25-26-46-34-40-30-38(24-20-16-14-12-10-8-6-2)32-42(44(40)50)36-48(4)28-22-18-17-21-27-47(3)35-41(31-37)43(39)49/h29-34,49-50H,5-28,35-36H2,1-4H3. The summed E-state index contributed by atoms with van der Waals surface area (Å²) in [5.41, 5.74) is 6.20. The van der Waals surface area contributed by atoms with E-state index in [1.165, 1.54) is 114 Å². The molecule has 0 radical (unpaired) electrons. The summed E-state index contributed by atoms with van der Waals surface area (Å²) in [6.45, 7) is 9.11. The van der Waals surface area contributed by atoms with Gasteiger partial charge >= 0.3 is 0 Å². The van der Waals surface area contributed by atoms with Crippen molar-refractivity contribution in [3.05, 3.63) is 57.6 Å². The number of unbranched alkanes of at least 4 members (excludes halogenated alkanes) is 12. The molecule has 1 aliphatic heterocycles. The van der Waals surface area contributed by atoms with Crippen LogP contribution in [0.5, 0.6) is 11.5 Å². The highest BCUT2D eigenvalue weighted by Gasteiger charge is 2.14. The smallest absolute Gasteiger partial charge is 0.128 e. The maximum atomic E-state index is 11.3. The number of rotatable bonds is 16. The third-order valence-corrected chi connectivity index (χ3v) is 10.2. The van der Waals surface area contributed by atoms with E-state index < -0.39 is 0 Å². The van der Waals surface area contributed by atoms with Crippen molar-refractivity contribution in [3.63, 3.8) is 0 Å². The van der Waals surface area contributed by atoms with Crippen LogP contribution in [0.3, 0.4) is 0 Å². The van der Waals surface area contributed by atoms with Crippen LogP contribution in [0.2, 0.25) is 0 Å². The van der Waals surface area contributed by atoms with Gasteiger partial charge in [-0.15, -0.1) is 0 Å². The summed E-state index contributed by atoms with van der Waals surface area (Å²) < 4.78 is 0. The minimum absolute atomic E-state index is 0.354. The maximum absolute atomic E-state index is 11.3. The molecule has 6 nitrogen and oxygen atoms in total. The zero-order valence-corrected chi connectivity index (χ0v) is 32.5. The van der Waals surface area contributed by atoms with E-state index in [0.29, 0.717) is 24.6 Å². The fraction of sp³-hybridized carbons (Fsp3) is 0.682. The second-order valence-corrected chi connectivity index (χ2v) is 15.1. The highest BCUT2D eigenvalue weighted by Crippen LogP contribution is 2.28. The molecule has 0 amide bonds. The Kier molecular flexibility index (Phi) is 21.1. The first-order chi connectivity index (χ1) is 24.4. The summed E-state index contributed by atoms with van der Waals surface area (Å²) in [7, 11) is 4.34. The molecule has 280 valence electrons. The molecule has 0 atom stereocenters. The average molecular weight is 689 g/mol. The minimum atomic E-state index is 0.354. The maximum Gasteiger partial charge on any atom is 0.128 e. The van der Waals surface area contributed by atoms with Crippen molar-refractivity contribution >= 4 is 12.4 Å². The van der Waals surface area contributed by atoms with Gasteiger partial charge in [0.05, 0.1) is 13.1 Å². The predicted octanol–water partition coefficient (Wildman–Crippen LogP) is 10.7. The highest BCUT2D eigenvalue weighted by molar-refractivity contribution is 5.85. The largest absolute Gasteiger partial charge is 0.507 e. The molecule has 4 bridgehead atoms. The van der Waals surface area contributed by atoms with Gasteiger partial charge in [-0.2, -0.15) is 0 Å². The first-order valence-electron chi connectivity index (χ1n) is 20.5. The number of aryl methyl sites for hydroxylation is 2.